The van der Waals surface area contributed by atoms with Crippen LogP contribution in [0.25, 0.3) is 11.3 Å². The van der Waals surface area contributed by atoms with E-state index in [9.17, 15) is 0 Å². The van der Waals surface area contributed by atoms with E-state index in [1.807, 2.05) is 30.3 Å². The Hall–Kier alpha value is -1.85. The van der Waals surface area contributed by atoms with Crippen molar-refractivity contribution in [1.29, 1.82) is 0 Å². The maximum Gasteiger partial charge on any atom is 0.167 e. The smallest absolute Gasteiger partial charge is 0.167 e. The zero-order chi connectivity index (χ0) is 17.1. The molecular formula is C20H26N2O3. The van der Waals surface area contributed by atoms with E-state index in [-0.39, 0.29) is 5.54 Å². The van der Waals surface area contributed by atoms with Gasteiger partial charge in [-0.25, -0.2) is 0 Å². The number of methoxy groups -OCH3 is 1. The summed E-state index contributed by atoms with van der Waals surface area (Å²) in [5, 5.41) is 8.15. The van der Waals surface area contributed by atoms with E-state index in [2.05, 4.69) is 10.5 Å². The third kappa shape index (κ3) is 3.72. The van der Waals surface area contributed by atoms with Crippen LogP contribution in [0.3, 0.4) is 0 Å². The fourth-order valence-electron chi connectivity index (χ4n) is 3.90. The molecule has 0 radical (unpaired) electrons. The van der Waals surface area contributed by atoms with Crippen molar-refractivity contribution >= 4 is 0 Å². The third-order valence-electron chi connectivity index (χ3n) is 5.33. The quantitative estimate of drug-likeness (QED) is 0.869. The van der Waals surface area contributed by atoms with Gasteiger partial charge in [-0.3, -0.25) is 0 Å². The normalized spacial score (nSPS) is 20.2. The van der Waals surface area contributed by atoms with Crippen LogP contribution in [0, 0.1) is 0 Å². The second-order valence-corrected chi connectivity index (χ2v) is 7.34. The average Bonchev–Trinajstić information content (AvgIpc) is 3.09. The highest BCUT2D eigenvalue weighted by Gasteiger charge is 2.41. The molecule has 1 aliphatic heterocycles. The van der Waals surface area contributed by atoms with Crippen molar-refractivity contribution in [2.45, 2.75) is 50.1 Å². The first-order valence-corrected chi connectivity index (χ1v) is 9.22. The topological polar surface area (TPSA) is 56.5 Å². The number of hydrogen-bond donors (Lipinski definition) is 1. The van der Waals surface area contributed by atoms with Gasteiger partial charge in [0.1, 0.15) is 5.75 Å². The van der Waals surface area contributed by atoms with E-state index in [0.717, 1.165) is 42.4 Å². The molecule has 25 heavy (non-hydrogen) atoms. The fraction of sp³-hybridized carbons (Fsp3) is 0.550. The Labute approximate surface area is 148 Å². The molecular weight excluding hydrogens is 316 g/mol. The first-order chi connectivity index (χ1) is 12.3. The summed E-state index contributed by atoms with van der Waals surface area (Å²) in [6, 6.07) is 10.5. The van der Waals surface area contributed by atoms with Crippen molar-refractivity contribution in [3.8, 4) is 17.1 Å². The van der Waals surface area contributed by atoms with Gasteiger partial charge in [0.25, 0.3) is 0 Å². The van der Waals surface area contributed by atoms with Crippen molar-refractivity contribution < 1.29 is 14.0 Å². The lowest BCUT2D eigenvalue weighted by Gasteiger charge is -2.45. The number of aromatic nitrogens is 1. The Morgan fingerprint density at radius 2 is 1.92 bits per heavy atom. The van der Waals surface area contributed by atoms with Gasteiger partial charge in [-0.2, -0.15) is 0 Å². The molecule has 0 atom stereocenters. The molecule has 5 heteroatoms. The fourth-order valence-corrected chi connectivity index (χ4v) is 3.90. The molecule has 1 aliphatic carbocycles. The summed E-state index contributed by atoms with van der Waals surface area (Å²) in [5.41, 5.74) is 2.02. The van der Waals surface area contributed by atoms with Gasteiger partial charge < -0.3 is 19.3 Å². The first kappa shape index (κ1) is 16.6. The highest BCUT2D eigenvalue weighted by Crippen LogP contribution is 2.29. The summed E-state index contributed by atoms with van der Waals surface area (Å²) in [5.74, 6) is 1.64. The van der Waals surface area contributed by atoms with E-state index < -0.39 is 0 Å². The van der Waals surface area contributed by atoms with Crippen LogP contribution in [0.5, 0.6) is 5.75 Å². The summed E-state index contributed by atoms with van der Waals surface area (Å²) in [6.07, 6.45) is 7.44. The molecule has 2 heterocycles. The average molecular weight is 342 g/mol. The Morgan fingerprint density at radius 1 is 1.16 bits per heavy atom. The maximum absolute atomic E-state index is 5.57. The van der Waals surface area contributed by atoms with Gasteiger partial charge >= 0.3 is 0 Å². The number of nitrogens with one attached hydrogen (secondary N) is 1. The van der Waals surface area contributed by atoms with Gasteiger partial charge in [-0.05, 0) is 37.1 Å². The first-order valence-electron chi connectivity index (χ1n) is 9.22. The summed E-state index contributed by atoms with van der Waals surface area (Å²) in [4.78, 5) is 0. The maximum atomic E-state index is 5.57. The van der Waals surface area contributed by atoms with E-state index in [4.69, 9.17) is 14.0 Å². The molecule has 1 aromatic carbocycles. The summed E-state index contributed by atoms with van der Waals surface area (Å²) in [7, 11) is 1.67. The van der Waals surface area contributed by atoms with Gasteiger partial charge in [-0.15, -0.1) is 0 Å². The Kier molecular flexibility index (Phi) is 4.77. The highest BCUT2D eigenvalue weighted by molar-refractivity contribution is 5.58. The van der Waals surface area contributed by atoms with Gasteiger partial charge in [0.15, 0.2) is 5.76 Å². The molecule has 2 aromatic rings. The summed E-state index contributed by atoms with van der Waals surface area (Å²) >= 11 is 0. The van der Waals surface area contributed by atoms with E-state index in [1.165, 1.54) is 32.1 Å². The molecule has 1 aromatic heterocycles. The molecule has 0 unspecified atom stereocenters. The Bertz CT molecular complexity index is 685. The Balaban J connectivity index is 1.43. The number of ether oxygens (including phenoxy) is 2. The molecule has 4 rings (SSSR count). The molecule has 0 spiro atoms. The van der Waals surface area contributed by atoms with Crippen LogP contribution in [0.15, 0.2) is 34.9 Å². The molecule has 2 fully saturated rings. The zero-order valence-corrected chi connectivity index (χ0v) is 14.8. The van der Waals surface area contributed by atoms with Crippen molar-refractivity contribution in [2.75, 3.05) is 20.3 Å². The minimum atomic E-state index is 0.0239. The molecule has 5 nitrogen and oxygen atoms in total. The lowest BCUT2D eigenvalue weighted by Crippen LogP contribution is -2.64. The summed E-state index contributed by atoms with van der Waals surface area (Å²) in [6.45, 7) is 1.52. The predicted molar refractivity (Wildman–Crippen MR) is 95.8 cm³/mol. The third-order valence-corrected chi connectivity index (χ3v) is 5.33. The van der Waals surface area contributed by atoms with Crippen molar-refractivity contribution in [1.82, 2.24) is 10.5 Å². The number of hydrogen-bond acceptors (Lipinski definition) is 5. The molecule has 1 saturated heterocycles. The van der Waals surface area contributed by atoms with E-state index >= 15 is 0 Å². The largest absolute Gasteiger partial charge is 0.497 e. The van der Waals surface area contributed by atoms with Crippen LogP contribution in [-0.4, -0.2) is 37.1 Å². The Morgan fingerprint density at radius 3 is 2.56 bits per heavy atom. The van der Waals surface area contributed by atoms with E-state index in [1.54, 1.807) is 7.11 Å². The monoisotopic (exact) mass is 342 g/mol. The highest BCUT2D eigenvalue weighted by atomic mass is 16.5. The van der Waals surface area contributed by atoms with Crippen LogP contribution in [0.1, 0.15) is 37.8 Å². The number of rotatable bonds is 6. The van der Waals surface area contributed by atoms with Gasteiger partial charge in [-0.1, -0.05) is 24.4 Å². The minimum Gasteiger partial charge on any atom is -0.497 e. The molecule has 1 N–H and O–H groups in total. The van der Waals surface area contributed by atoms with Crippen LogP contribution in [0.4, 0.5) is 0 Å². The van der Waals surface area contributed by atoms with Crippen molar-refractivity contribution in [2.24, 2.45) is 0 Å². The van der Waals surface area contributed by atoms with Crippen molar-refractivity contribution in [3.05, 3.63) is 36.0 Å². The number of benzene rings is 1. The van der Waals surface area contributed by atoms with Crippen LogP contribution >= 0.6 is 0 Å². The van der Waals surface area contributed by atoms with Crippen LogP contribution < -0.4 is 10.1 Å². The van der Waals surface area contributed by atoms with Gasteiger partial charge in [0.05, 0.1) is 31.6 Å². The lowest BCUT2D eigenvalue weighted by molar-refractivity contribution is -0.0815. The second-order valence-electron chi connectivity index (χ2n) is 7.34. The number of nitrogens with zero attached hydrogens (tertiary/aromatic N) is 1. The molecule has 2 aliphatic rings. The van der Waals surface area contributed by atoms with Gasteiger partial charge in [0, 0.05) is 24.1 Å². The molecule has 0 amide bonds. The summed E-state index contributed by atoms with van der Waals surface area (Å²) < 4.78 is 16.3. The van der Waals surface area contributed by atoms with E-state index in [0.29, 0.717) is 6.04 Å². The van der Waals surface area contributed by atoms with Crippen molar-refractivity contribution in [3.63, 3.8) is 0 Å². The molecule has 134 valence electrons. The molecule has 0 bridgehead atoms. The second kappa shape index (κ2) is 7.18. The molecule has 1 saturated carbocycles. The van der Waals surface area contributed by atoms with Crippen LogP contribution in [0.2, 0.25) is 0 Å². The standard InChI is InChI=1S/C20H26N2O3/c1-23-18-9-7-15(8-10-18)19-11-17(22-25-19)12-20(13-24-14-20)21-16-5-3-2-4-6-16/h7-11,16,21H,2-6,12-14H2,1H3. The SMILES string of the molecule is COc1ccc(-c2cc(CC3(NC4CCCCC4)COC3)no2)cc1. The predicted octanol–water partition coefficient (Wildman–Crippen LogP) is 3.58. The zero-order valence-electron chi connectivity index (χ0n) is 14.8. The minimum absolute atomic E-state index is 0.0239. The van der Waals surface area contributed by atoms with Gasteiger partial charge in [0.2, 0.25) is 0 Å². The lowest BCUT2D eigenvalue weighted by atomic mass is 9.87. The van der Waals surface area contributed by atoms with Crippen LogP contribution in [-0.2, 0) is 11.2 Å².